The number of hydrogen-bond acceptors (Lipinski definition) is 1. The van der Waals surface area contributed by atoms with Crippen LogP contribution in [0.2, 0.25) is 0 Å². The van der Waals surface area contributed by atoms with Crippen LogP contribution in [0.25, 0.3) is 11.1 Å². The van der Waals surface area contributed by atoms with E-state index in [9.17, 15) is 0 Å². The van der Waals surface area contributed by atoms with Crippen LogP contribution in [0.1, 0.15) is 36.1 Å². The van der Waals surface area contributed by atoms with Crippen LogP contribution in [-0.2, 0) is 6.54 Å². The van der Waals surface area contributed by atoms with Gasteiger partial charge in [-0.2, -0.15) is 0 Å². The highest BCUT2D eigenvalue weighted by molar-refractivity contribution is 5.70. The smallest absolute Gasteiger partial charge is 0.0391 e. The molecule has 0 bridgehead atoms. The Morgan fingerprint density at radius 1 is 1.00 bits per heavy atom. The van der Waals surface area contributed by atoms with E-state index in [2.05, 4.69) is 54.2 Å². The summed E-state index contributed by atoms with van der Waals surface area (Å²) in [4.78, 5) is 6.07. The number of nitrogens with zero attached hydrogens (tertiary/aromatic N) is 1. The minimum atomic E-state index is 1.05. The van der Waals surface area contributed by atoms with Crippen molar-refractivity contribution in [2.24, 2.45) is 0 Å². The Morgan fingerprint density at radius 3 is 2.40 bits per heavy atom. The number of benzene rings is 1. The van der Waals surface area contributed by atoms with Crippen LogP contribution in [0.15, 0.2) is 30.5 Å². The molecule has 1 aromatic carbocycles. The van der Waals surface area contributed by atoms with Crippen LogP contribution in [0.5, 0.6) is 0 Å². The van der Waals surface area contributed by atoms with Gasteiger partial charge in [0.05, 0.1) is 0 Å². The molecule has 2 heterocycles. The summed E-state index contributed by atoms with van der Waals surface area (Å²) in [6.07, 6.45) is 6.23. The number of nitrogens with one attached hydrogen (secondary N) is 1. The molecule has 1 aliphatic rings. The molecule has 1 saturated heterocycles. The minimum Gasteiger partial charge on any atom is -0.363 e. The van der Waals surface area contributed by atoms with Crippen LogP contribution in [0.4, 0.5) is 0 Å². The number of H-pyrrole nitrogens is 1. The van der Waals surface area contributed by atoms with Gasteiger partial charge in [0.25, 0.3) is 0 Å². The second kappa shape index (κ2) is 5.84. The second-order valence-electron chi connectivity index (χ2n) is 6.03. The molecule has 1 N–H and O–H groups in total. The fraction of sp³-hybridized carbons (Fsp3) is 0.444. The Bertz CT molecular complexity index is 560. The first-order valence-electron chi connectivity index (χ1n) is 7.70. The summed E-state index contributed by atoms with van der Waals surface area (Å²) in [5.74, 6) is 0. The summed E-state index contributed by atoms with van der Waals surface area (Å²) in [6.45, 7) is 7.88. The topological polar surface area (TPSA) is 19.0 Å². The minimum absolute atomic E-state index is 1.05. The Labute approximate surface area is 121 Å². The van der Waals surface area contributed by atoms with Crippen molar-refractivity contribution in [2.45, 2.75) is 39.7 Å². The lowest BCUT2D eigenvalue weighted by atomic mass is 10.0. The fourth-order valence-electron chi connectivity index (χ4n) is 3.17. The Morgan fingerprint density at radius 2 is 1.70 bits per heavy atom. The average Bonchev–Trinajstić information content (AvgIpc) is 2.82. The van der Waals surface area contributed by atoms with Gasteiger partial charge in [0.1, 0.15) is 0 Å². The summed E-state index contributed by atoms with van der Waals surface area (Å²) >= 11 is 0. The predicted molar refractivity (Wildman–Crippen MR) is 84.8 cm³/mol. The fourth-order valence-corrected chi connectivity index (χ4v) is 3.17. The van der Waals surface area contributed by atoms with Crippen molar-refractivity contribution in [3.8, 4) is 11.1 Å². The van der Waals surface area contributed by atoms with Gasteiger partial charge >= 0.3 is 0 Å². The van der Waals surface area contributed by atoms with Crippen LogP contribution in [0, 0.1) is 13.8 Å². The normalized spacial score (nSPS) is 16.5. The van der Waals surface area contributed by atoms with Gasteiger partial charge in [-0.15, -0.1) is 0 Å². The van der Waals surface area contributed by atoms with E-state index in [4.69, 9.17) is 0 Å². The molecule has 0 aliphatic carbocycles. The first-order valence-corrected chi connectivity index (χ1v) is 7.70. The number of piperidine rings is 1. The van der Waals surface area contributed by atoms with Gasteiger partial charge in [0.2, 0.25) is 0 Å². The number of hydrogen-bond donors (Lipinski definition) is 1. The lowest BCUT2D eigenvalue weighted by Gasteiger charge is -2.26. The van der Waals surface area contributed by atoms with E-state index in [-0.39, 0.29) is 0 Å². The lowest BCUT2D eigenvalue weighted by molar-refractivity contribution is 0.219. The van der Waals surface area contributed by atoms with Crippen LogP contribution < -0.4 is 0 Å². The second-order valence-corrected chi connectivity index (χ2v) is 6.03. The first-order chi connectivity index (χ1) is 9.74. The van der Waals surface area contributed by atoms with Gasteiger partial charge in [-0.3, -0.25) is 4.90 Å². The highest BCUT2D eigenvalue weighted by Crippen LogP contribution is 2.29. The Balaban J connectivity index is 1.86. The molecule has 2 nitrogen and oxygen atoms in total. The van der Waals surface area contributed by atoms with Crippen LogP contribution in [-0.4, -0.2) is 23.0 Å². The highest BCUT2D eigenvalue weighted by atomic mass is 15.1. The number of aryl methyl sites for hydroxylation is 2. The zero-order valence-electron chi connectivity index (χ0n) is 12.6. The van der Waals surface area contributed by atoms with E-state index >= 15 is 0 Å². The van der Waals surface area contributed by atoms with E-state index in [1.807, 2.05) is 0 Å². The third-order valence-electron chi connectivity index (χ3n) is 4.33. The summed E-state index contributed by atoms with van der Waals surface area (Å²) in [7, 11) is 0. The van der Waals surface area contributed by atoms with Crippen molar-refractivity contribution in [3.05, 3.63) is 47.3 Å². The summed E-state index contributed by atoms with van der Waals surface area (Å²) < 4.78 is 0. The van der Waals surface area contributed by atoms with E-state index in [1.165, 1.54) is 60.3 Å². The monoisotopic (exact) mass is 268 g/mol. The summed E-state index contributed by atoms with van der Waals surface area (Å²) in [6, 6.07) is 8.88. The summed E-state index contributed by atoms with van der Waals surface area (Å²) in [5.41, 5.74) is 6.77. The van der Waals surface area contributed by atoms with E-state index in [0.29, 0.717) is 0 Å². The molecule has 0 saturated carbocycles. The Kier molecular flexibility index (Phi) is 3.93. The predicted octanol–water partition coefficient (Wildman–Crippen LogP) is 4.28. The van der Waals surface area contributed by atoms with E-state index in [1.54, 1.807) is 0 Å². The molecule has 0 spiro atoms. The molecule has 106 valence electrons. The number of likely N-dealkylation sites (tertiary alicyclic amines) is 1. The molecule has 0 atom stereocenters. The average molecular weight is 268 g/mol. The Hall–Kier alpha value is -1.54. The van der Waals surface area contributed by atoms with Crippen molar-refractivity contribution < 1.29 is 0 Å². The van der Waals surface area contributed by atoms with Gasteiger partial charge in [0.15, 0.2) is 0 Å². The maximum absolute atomic E-state index is 3.49. The molecule has 2 heteroatoms. The SMILES string of the molecule is Cc1ccc(-c2c(C)c[nH]c2CN2CCCCC2)cc1. The molecule has 20 heavy (non-hydrogen) atoms. The number of rotatable bonds is 3. The maximum Gasteiger partial charge on any atom is 0.0391 e. The van der Waals surface area contributed by atoms with Gasteiger partial charge in [-0.05, 0) is 50.9 Å². The van der Waals surface area contributed by atoms with Crippen molar-refractivity contribution in [1.82, 2.24) is 9.88 Å². The number of aromatic nitrogens is 1. The molecule has 1 aliphatic heterocycles. The lowest BCUT2D eigenvalue weighted by Crippen LogP contribution is -2.29. The maximum atomic E-state index is 3.49. The molecule has 0 radical (unpaired) electrons. The molecule has 1 fully saturated rings. The molecule has 0 amide bonds. The molecule has 0 unspecified atom stereocenters. The van der Waals surface area contributed by atoms with Crippen LogP contribution in [0.3, 0.4) is 0 Å². The van der Waals surface area contributed by atoms with Gasteiger partial charge < -0.3 is 4.98 Å². The standard InChI is InChI=1S/C18H24N2/c1-14-6-8-16(9-7-14)18-15(2)12-19-17(18)13-20-10-4-3-5-11-20/h6-9,12,19H,3-5,10-11,13H2,1-2H3. The first kappa shape index (κ1) is 13.4. The quantitative estimate of drug-likeness (QED) is 0.880. The molecule has 2 aromatic rings. The molecule has 3 rings (SSSR count). The van der Waals surface area contributed by atoms with Gasteiger partial charge in [-0.1, -0.05) is 36.2 Å². The van der Waals surface area contributed by atoms with E-state index < -0.39 is 0 Å². The third kappa shape index (κ3) is 2.80. The zero-order valence-corrected chi connectivity index (χ0v) is 12.6. The van der Waals surface area contributed by atoms with E-state index in [0.717, 1.165) is 6.54 Å². The largest absolute Gasteiger partial charge is 0.363 e. The van der Waals surface area contributed by atoms with Crippen molar-refractivity contribution in [2.75, 3.05) is 13.1 Å². The molecular weight excluding hydrogens is 244 g/mol. The molecular formula is C18H24N2. The zero-order chi connectivity index (χ0) is 13.9. The summed E-state index contributed by atoms with van der Waals surface area (Å²) in [5, 5.41) is 0. The van der Waals surface area contributed by atoms with Crippen molar-refractivity contribution in [3.63, 3.8) is 0 Å². The van der Waals surface area contributed by atoms with Gasteiger partial charge in [0, 0.05) is 24.0 Å². The molecule has 1 aromatic heterocycles. The van der Waals surface area contributed by atoms with Crippen LogP contribution >= 0.6 is 0 Å². The van der Waals surface area contributed by atoms with Gasteiger partial charge in [-0.25, -0.2) is 0 Å². The van der Waals surface area contributed by atoms with Crippen molar-refractivity contribution >= 4 is 0 Å². The van der Waals surface area contributed by atoms with Crippen molar-refractivity contribution in [1.29, 1.82) is 0 Å². The third-order valence-corrected chi connectivity index (χ3v) is 4.33. The highest BCUT2D eigenvalue weighted by Gasteiger charge is 2.15. The number of aromatic amines is 1.